The molecule has 0 saturated carbocycles. The van der Waals surface area contributed by atoms with E-state index in [2.05, 4.69) is 27.6 Å². The van der Waals surface area contributed by atoms with Crippen LogP contribution in [0.2, 0.25) is 0 Å². The smallest absolute Gasteiger partial charge is 0.474 e. The van der Waals surface area contributed by atoms with Gasteiger partial charge in [-0.15, -0.1) is 22.6 Å². The summed E-state index contributed by atoms with van der Waals surface area (Å²) in [7, 11) is 0. The SMILES string of the molecule is CC1=NC(C)(N)C2(O)N1[C-](C)C(I)N(C(C)C)C2(C)F.[K+]. The van der Waals surface area contributed by atoms with Crippen molar-refractivity contribution in [3.63, 3.8) is 0 Å². The summed E-state index contributed by atoms with van der Waals surface area (Å²) in [5.41, 5.74) is 2.81. The molecule has 0 radical (unpaired) electrons. The Bertz CT molecular complexity index is 459. The number of rotatable bonds is 1. The van der Waals surface area contributed by atoms with Gasteiger partial charge in [-0.1, -0.05) is 0 Å². The van der Waals surface area contributed by atoms with E-state index >= 15 is 4.39 Å². The third kappa shape index (κ3) is 2.60. The van der Waals surface area contributed by atoms with Gasteiger partial charge in [-0.2, -0.15) is 13.0 Å². The van der Waals surface area contributed by atoms with Crippen molar-refractivity contribution in [3.05, 3.63) is 6.04 Å². The molecule has 2 aliphatic heterocycles. The Morgan fingerprint density at radius 3 is 2.38 bits per heavy atom. The van der Waals surface area contributed by atoms with E-state index in [4.69, 9.17) is 5.73 Å². The molecule has 3 N–H and O–H groups in total. The van der Waals surface area contributed by atoms with Crippen LogP contribution in [0.4, 0.5) is 4.39 Å². The van der Waals surface area contributed by atoms with Gasteiger partial charge in [0.15, 0.2) is 11.4 Å². The second-order valence-electron chi connectivity index (χ2n) is 6.25. The summed E-state index contributed by atoms with van der Waals surface area (Å²) in [5, 5.41) is 11.2. The maximum absolute atomic E-state index is 15.7. The molecule has 0 spiro atoms. The first kappa shape index (κ1) is 20.7. The van der Waals surface area contributed by atoms with Gasteiger partial charge in [-0.05, 0) is 38.7 Å². The number of aliphatic imine (C=N–C) groups is 1. The Morgan fingerprint density at radius 1 is 1.48 bits per heavy atom. The Balaban J connectivity index is 0.00000220. The molecular formula is C13H23FIKN4O. The number of aliphatic hydroxyl groups is 1. The number of halogens is 2. The summed E-state index contributed by atoms with van der Waals surface area (Å²) >= 11 is 2.19. The van der Waals surface area contributed by atoms with Crippen LogP contribution in [-0.4, -0.2) is 48.0 Å². The van der Waals surface area contributed by atoms with Crippen molar-refractivity contribution in [2.75, 3.05) is 0 Å². The third-order valence-electron chi connectivity index (χ3n) is 4.37. The number of piperazine rings is 1. The van der Waals surface area contributed by atoms with Crippen LogP contribution in [0.25, 0.3) is 0 Å². The molecule has 0 aliphatic carbocycles. The Kier molecular flexibility index (Phi) is 6.09. The summed E-state index contributed by atoms with van der Waals surface area (Å²) in [6, 6.07) is 0.761. The molecule has 2 aliphatic rings. The van der Waals surface area contributed by atoms with E-state index in [1.54, 1.807) is 23.6 Å². The minimum atomic E-state index is -2.03. The predicted octanol–water partition coefficient (Wildman–Crippen LogP) is -1.19. The molecule has 5 nitrogen and oxygen atoms in total. The number of hydrogen-bond donors (Lipinski definition) is 2. The van der Waals surface area contributed by atoms with Crippen molar-refractivity contribution in [2.24, 2.45) is 10.7 Å². The molecule has 1 saturated heterocycles. The topological polar surface area (TPSA) is 65.1 Å². The van der Waals surface area contributed by atoms with Crippen molar-refractivity contribution in [1.29, 1.82) is 0 Å². The standard InChI is InChI=1S/C13H23FIN4O.K/c1-7(2)18-10(15)8(3)19-9(4)17-12(6,16)13(19,20)11(18,5)14;/h7,10,20H,16H2,1-6H3;/q-1;+1. The summed E-state index contributed by atoms with van der Waals surface area (Å²) in [6.45, 7) is 10.4. The Hall–Kier alpha value is 1.65. The third-order valence-corrected chi connectivity index (χ3v) is 5.87. The van der Waals surface area contributed by atoms with Gasteiger partial charge in [-0.25, -0.2) is 9.38 Å². The monoisotopic (exact) mass is 436 g/mol. The van der Waals surface area contributed by atoms with Gasteiger partial charge in [-0.3, -0.25) is 4.90 Å². The van der Waals surface area contributed by atoms with Gasteiger partial charge in [0.05, 0.1) is 5.84 Å². The molecule has 1 fully saturated rings. The molecule has 116 valence electrons. The van der Waals surface area contributed by atoms with Crippen molar-refractivity contribution in [3.8, 4) is 0 Å². The van der Waals surface area contributed by atoms with Crippen LogP contribution in [0.15, 0.2) is 4.99 Å². The number of alkyl halides is 2. The average molecular weight is 436 g/mol. The summed E-state index contributed by atoms with van der Waals surface area (Å²) in [5.74, 6) is -1.49. The van der Waals surface area contributed by atoms with Crippen LogP contribution in [0, 0.1) is 6.04 Å². The van der Waals surface area contributed by atoms with Crippen molar-refractivity contribution >= 4 is 28.4 Å². The normalized spacial score (nSPS) is 44.6. The second-order valence-corrected chi connectivity index (χ2v) is 7.43. The zero-order valence-corrected chi connectivity index (χ0v) is 19.1. The van der Waals surface area contributed by atoms with Crippen molar-refractivity contribution in [1.82, 2.24) is 9.80 Å². The molecule has 8 heteroatoms. The minimum absolute atomic E-state index is 0. The Labute approximate surface area is 182 Å². The van der Waals surface area contributed by atoms with E-state index in [0.717, 1.165) is 6.04 Å². The molecule has 0 amide bonds. The summed E-state index contributed by atoms with van der Waals surface area (Å²) < 4.78 is 15.5. The second kappa shape index (κ2) is 6.18. The van der Waals surface area contributed by atoms with Crippen LogP contribution >= 0.6 is 22.6 Å². The first-order valence-corrected chi connectivity index (χ1v) is 7.97. The molecule has 2 rings (SSSR count). The van der Waals surface area contributed by atoms with E-state index in [1.807, 2.05) is 20.8 Å². The molecule has 4 unspecified atom stereocenters. The van der Waals surface area contributed by atoms with E-state index in [1.165, 1.54) is 6.92 Å². The minimum Gasteiger partial charge on any atom is -0.474 e. The zero-order chi connectivity index (χ0) is 15.7. The fourth-order valence-electron chi connectivity index (χ4n) is 3.55. The van der Waals surface area contributed by atoms with Crippen LogP contribution in [0.1, 0.15) is 41.5 Å². The van der Waals surface area contributed by atoms with Crippen LogP contribution in [0.5, 0.6) is 0 Å². The van der Waals surface area contributed by atoms with Gasteiger partial charge in [0.25, 0.3) is 0 Å². The van der Waals surface area contributed by atoms with Gasteiger partial charge in [0.2, 0.25) is 5.79 Å². The van der Waals surface area contributed by atoms with Crippen molar-refractivity contribution < 1.29 is 60.9 Å². The molecule has 4 atom stereocenters. The van der Waals surface area contributed by atoms with Crippen molar-refractivity contribution in [2.45, 2.75) is 68.8 Å². The molecule has 0 bridgehead atoms. The van der Waals surface area contributed by atoms with Gasteiger partial charge in [0.1, 0.15) is 0 Å². The molecule has 0 aromatic carbocycles. The molecule has 0 aromatic heterocycles. The fourth-order valence-corrected chi connectivity index (χ4v) is 4.99. The Morgan fingerprint density at radius 2 is 1.95 bits per heavy atom. The van der Waals surface area contributed by atoms with E-state index < -0.39 is 17.2 Å². The number of amidine groups is 1. The van der Waals surface area contributed by atoms with E-state index in [0.29, 0.717) is 5.84 Å². The number of nitrogens with zero attached hydrogens (tertiary/aromatic N) is 3. The maximum Gasteiger partial charge on any atom is 1.00 e. The van der Waals surface area contributed by atoms with E-state index in [9.17, 15) is 5.11 Å². The number of hydrogen-bond acceptors (Lipinski definition) is 5. The zero-order valence-electron chi connectivity index (χ0n) is 13.8. The van der Waals surface area contributed by atoms with Gasteiger partial charge >= 0.3 is 51.4 Å². The molecule has 0 aromatic rings. The average Bonchev–Trinajstić information content (AvgIpc) is 2.43. The van der Waals surface area contributed by atoms with Gasteiger partial charge in [0, 0.05) is 6.04 Å². The quantitative estimate of drug-likeness (QED) is 0.179. The van der Waals surface area contributed by atoms with Gasteiger partial charge < -0.3 is 15.7 Å². The predicted molar refractivity (Wildman–Crippen MR) is 85.7 cm³/mol. The molecule has 2 heterocycles. The number of fused-ring (bicyclic) bond motifs is 1. The van der Waals surface area contributed by atoms with E-state index in [-0.39, 0.29) is 61.5 Å². The summed E-state index contributed by atoms with van der Waals surface area (Å²) in [4.78, 5) is 7.50. The first-order chi connectivity index (χ1) is 8.89. The largest absolute Gasteiger partial charge is 1.00 e. The summed E-state index contributed by atoms with van der Waals surface area (Å²) in [6.07, 6.45) is 0. The fraction of sp³-hybridized carbons (Fsp3) is 0.846. The maximum atomic E-state index is 15.7. The van der Waals surface area contributed by atoms with Crippen LogP contribution in [-0.2, 0) is 0 Å². The first-order valence-electron chi connectivity index (χ1n) is 6.72. The van der Waals surface area contributed by atoms with Crippen LogP contribution in [0.3, 0.4) is 0 Å². The molecular weight excluding hydrogens is 413 g/mol. The number of nitrogens with two attached hydrogens (primary N) is 1. The van der Waals surface area contributed by atoms with Crippen LogP contribution < -0.4 is 57.1 Å². The molecule has 21 heavy (non-hydrogen) atoms.